The minimum absolute atomic E-state index is 0.0775. The van der Waals surface area contributed by atoms with Crippen molar-refractivity contribution in [2.75, 3.05) is 0 Å². The maximum absolute atomic E-state index is 12.0. The topological polar surface area (TPSA) is 54.9 Å². The number of hydrogen-bond donors (Lipinski definition) is 1. The van der Waals surface area contributed by atoms with E-state index in [-0.39, 0.29) is 11.9 Å². The van der Waals surface area contributed by atoms with Crippen LogP contribution < -0.4 is 5.32 Å². The van der Waals surface area contributed by atoms with Gasteiger partial charge in [0.1, 0.15) is 5.69 Å². The van der Waals surface area contributed by atoms with Gasteiger partial charge in [-0.1, -0.05) is 0 Å². The Bertz CT molecular complexity index is 562. The highest BCUT2D eigenvalue weighted by molar-refractivity contribution is 7.11. The lowest BCUT2D eigenvalue weighted by molar-refractivity contribution is 0.0934. The van der Waals surface area contributed by atoms with Gasteiger partial charge in [-0.15, -0.1) is 11.3 Å². The predicted molar refractivity (Wildman–Crippen MR) is 76.5 cm³/mol. The maximum atomic E-state index is 12.0. The molecule has 1 N–H and O–H groups in total. The van der Waals surface area contributed by atoms with E-state index in [1.165, 1.54) is 16.0 Å². The van der Waals surface area contributed by atoms with Crippen LogP contribution in [-0.4, -0.2) is 21.9 Å². The molecule has 2 aromatic rings. The molecule has 0 aliphatic rings. The number of amides is 1. The van der Waals surface area contributed by atoms with Crippen molar-refractivity contribution < 1.29 is 4.79 Å². The average molecular weight is 275 g/mol. The van der Waals surface area contributed by atoms with Gasteiger partial charge in [-0.25, -0.2) is 4.98 Å². The highest BCUT2D eigenvalue weighted by atomic mass is 32.1. The van der Waals surface area contributed by atoms with E-state index in [0.717, 1.165) is 12.1 Å². The average Bonchev–Trinajstić information content (AvgIpc) is 2.75. The Morgan fingerprint density at radius 3 is 2.68 bits per heavy atom. The molecular formula is C14H17N3OS. The number of hydrogen-bond acceptors (Lipinski definition) is 4. The predicted octanol–water partition coefficient (Wildman–Crippen LogP) is 2.52. The van der Waals surface area contributed by atoms with Gasteiger partial charge in [0.05, 0.1) is 11.9 Å². The van der Waals surface area contributed by atoms with Crippen LogP contribution in [0.3, 0.4) is 0 Å². The molecule has 19 heavy (non-hydrogen) atoms. The van der Waals surface area contributed by atoms with Crippen LogP contribution in [-0.2, 0) is 6.42 Å². The fraction of sp³-hybridized carbons (Fsp3) is 0.357. The molecule has 2 aromatic heterocycles. The molecule has 1 atom stereocenters. The molecule has 0 aliphatic heterocycles. The lowest BCUT2D eigenvalue weighted by Crippen LogP contribution is -2.34. The number of carbonyl (C=O) groups excluding carboxylic acids is 1. The summed E-state index contributed by atoms with van der Waals surface area (Å²) < 4.78 is 0. The summed E-state index contributed by atoms with van der Waals surface area (Å²) in [5.41, 5.74) is 1.17. The van der Waals surface area contributed by atoms with E-state index in [9.17, 15) is 4.79 Å². The van der Waals surface area contributed by atoms with Crippen molar-refractivity contribution >= 4 is 17.2 Å². The standard InChI is InChI=1S/C14H17N3OS/c1-9(6-12-5-4-11(3)19-12)17-14(18)13-8-15-10(2)7-16-13/h4-5,7-9H,6H2,1-3H3,(H,17,18)/t9-/m0/s1. The Labute approximate surface area is 116 Å². The van der Waals surface area contributed by atoms with Gasteiger partial charge < -0.3 is 5.32 Å². The summed E-state index contributed by atoms with van der Waals surface area (Å²) >= 11 is 1.76. The van der Waals surface area contributed by atoms with Gasteiger partial charge in [0.15, 0.2) is 0 Å². The highest BCUT2D eigenvalue weighted by Crippen LogP contribution is 2.16. The molecule has 1 amide bonds. The summed E-state index contributed by atoms with van der Waals surface area (Å²) in [6.07, 6.45) is 3.94. The van der Waals surface area contributed by atoms with Crippen LogP contribution in [0.2, 0.25) is 0 Å². The molecule has 0 aliphatic carbocycles. The van der Waals surface area contributed by atoms with Crippen molar-refractivity contribution in [1.29, 1.82) is 0 Å². The van der Waals surface area contributed by atoms with Crippen molar-refractivity contribution in [2.24, 2.45) is 0 Å². The molecule has 4 nitrogen and oxygen atoms in total. The molecule has 100 valence electrons. The summed E-state index contributed by atoms with van der Waals surface area (Å²) in [4.78, 5) is 22.7. The SMILES string of the molecule is Cc1cnc(C(=O)N[C@@H](C)Cc2ccc(C)s2)cn1. The zero-order valence-electron chi connectivity index (χ0n) is 11.3. The third-order valence-electron chi connectivity index (χ3n) is 2.69. The first-order valence-corrected chi connectivity index (χ1v) is 7.01. The quantitative estimate of drug-likeness (QED) is 0.932. The van der Waals surface area contributed by atoms with Gasteiger partial charge in [0.25, 0.3) is 5.91 Å². The number of aryl methyl sites for hydroxylation is 2. The van der Waals surface area contributed by atoms with Crippen LogP contribution >= 0.6 is 11.3 Å². The van der Waals surface area contributed by atoms with Crippen molar-refractivity contribution in [3.8, 4) is 0 Å². The van der Waals surface area contributed by atoms with Crippen molar-refractivity contribution in [3.63, 3.8) is 0 Å². The van der Waals surface area contributed by atoms with Crippen LogP contribution in [0.5, 0.6) is 0 Å². The van der Waals surface area contributed by atoms with Crippen LogP contribution in [0.15, 0.2) is 24.5 Å². The van der Waals surface area contributed by atoms with Crippen molar-refractivity contribution in [1.82, 2.24) is 15.3 Å². The molecule has 2 rings (SSSR count). The van der Waals surface area contributed by atoms with Crippen LogP contribution in [0, 0.1) is 13.8 Å². The van der Waals surface area contributed by atoms with E-state index >= 15 is 0 Å². The van der Waals surface area contributed by atoms with Gasteiger partial charge in [0.2, 0.25) is 0 Å². The maximum Gasteiger partial charge on any atom is 0.271 e. The van der Waals surface area contributed by atoms with E-state index in [4.69, 9.17) is 0 Å². The van der Waals surface area contributed by atoms with E-state index in [2.05, 4.69) is 34.3 Å². The van der Waals surface area contributed by atoms with Crippen LogP contribution in [0.1, 0.15) is 32.9 Å². The van der Waals surface area contributed by atoms with Crippen molar-refractivity contribution in [2.45, 2.75) is 33.2 Å². The monoisotopic (exact) mass is 275 g/mol. The molecule has 5 heteroatoms. The zero-order chi connectivity index (χ0) is 13.8. The van der Waals surface area contributed by atoms with Gasteiger partial charge in [-0.2, -0.15) is 0 Å². The highest BCUT2D eigenvalue weighted by Gasteiger charge is 2.12. The first kappa shape index (κ1) is 13.7. The second kappa shape index (κ2) is 5.93. The number of nitrogens with zero attached hydrogens (tertiary/aromatic N) is 2. The fourth-order valence-corrected chi connectivity index (χ4v) is 2.77. The summed E-state index contributed by atoms with van der Waals surface area (Å²) in [6, 6.07) is 4.28. The molecule has 0 saturated carbocycles. The van der Waals surface area contributed by atoms with Crippen molar-refractivity contribution in [3.05, 3.63) is 45.7 Å². The van der Waals surface area contributed by atoms with E-state index in [0.29, 0.717) is 5.69 Å². The Morgan fingerprint density at radius 1 is 1.32 bits per heavy atom. The second-order valence-corrected chi connectivity index (χ2v) is 6.01. The Balaban J connectivity index is 1.93. The molecule has 0 aromatic carbocycles. The minimum atomic E-state index is -0.173. The summed E-state index contributed by atoms with van der Waals surface area (Å²) in [6.45, 7) is 5.92. The van der Waals surface area contributed by atoms with E-state index < -0.39 is 0 Å². The Hall–Kier alpha value is -1.75. The second-order valence-electron chi connectivity index (χ2n) is 4.63. The van der Waals surface area contributed by atoms with Crippen LogP contribution in [0.4, 0.5) is 0 Å². The Kier molecular flexibility index (Phi) is 4.27. The molecule has 0 bridgehead atoms. The number of aromatic nitrogens is 2. The smallest absolute Gasteiger partial charge is 0.271 e. The van der Waals surface area contributed by atoms with E-state index in [1.807, 2.05) is 13.8 Å². The number of thiophene rings is 1. The lowest BCUT2D eigenvalue weighted by atomic mass is 10.2. The first-order valence-electron chi connectivity index (χ1n) is 6.19. The molecule has 0 unspecified atom stereocenters. The lowest BCUT2D eigenvalue weighted by Gasteiger charge is -2.12. The van der Waals surface area contributed by atoms with Gasteiger partial charge in [-0.3, -0.25) is 9.78 Å². The Morgan fingerprint density at radius 2 is 2.11 bits per heavy atom. The third kappa shape index (κ3) is 3.86. The molecule has 2 heterocycles. The normalized spacial score (nSPS) is 12.2. The summed E-state index contributed by atoms with van der Waals surface area (Å²) in [5, 5.41) is 2.94. The molecule has 0 saturated heterocycles. The zero-order valence-corrected chi connectivity index (χ0v) is 12.1. The number of rotatable bonds is 4. The first-order chi connectivity index (χ1) is 9.04. The van der Waals surface area contributed by atoms with Gasteiger partial charge in [0, 0.05) is 28.4 Å². The van der Waals surface area contributed by atoms with Crippen LogP contribution in [0.25, 0.3) is 0 Å². The van der Waals surface area contributed by atoms with Gasteiger partial charge >= 0.3 is 0 Å². The minimum Gasteiger partial charge on any atom is -0.348 e. The summed E-state index contributed by atoms with van der Waals surface area (Å²) in [5.74, 6) is -0.173. The van der Waals surface area contributed by atoms with E-state index in [1.54, 1.807) is 17.5 Å². The largest absolute Gasteiger partial charge is 0.348 e. The third-order valence-corrected chi connectivity index (χ3v) is 3.72. The number of carbonyl (C=O) groups is 1. The van der Waals surface area contributed by atoms with Gasteiger partial charge in [-0.05, 0) is 32.9 Å². The molecule has 0 fully saturated rings. The molecule has 0 spiro atoms. The molecule has 0 radical (unpaired) electrons. The summed E-state index contributed by atoms with van der Waals surface area (Å²) in [7, 11) is 0. The molecular weight excluding hydrogens is 258 g/mol. The number of nitrogens with one attached hydrogen (secondary N) is 1. The fourth-order valence-electron chi connectivity index (χ4n) is 1.76.